The van der Waals surface area contributed by atoms with E-state index in [9.17, 15) is 4.79 Å². The highest BCUT2D eigenvalue weighted by atomic mass is 32.2. The van der Waals surface area contributed by atoms with E-state index in [1.165, 1.54) is 0 Å². The zero-order valence-corrected chi connectivity index (χ0v) is 24.5. The molecule has 4 rings (SSSR count). The minimum atomic E-state index is -0.610. The normalized spacial score (nSPS) is 12.7. The Labute approximate surface area is 233 Å². The number of pyridine rings is 1. The molecular formula is C29H39N6O3S+. The number of fused-ring (bicyclic) bond motifs is 1. The van der Waals surface area contributed by atoms with Gasteiger partial charge in [0.25, 0.3) is 0 Å². The number of benzene rings is 1. The number of hydrogen-bond acceptors (Lipinski definition) is 6. The third-order valence-corrected chi connectivity index (χ3v) is 7.01. The smallest absolute Gasteiger partial charge is 0.408 e. The topological polar surface area (TPSA) is 96.1 Å². The fraction of sp³-hybridized carbons (Fsp3) is 0.448. The molecule has 0 radical (unpaired) electrons. The lowest BCUT2D eigenvalue weighted by molar-refractivity contribution is 0.0500. The number of alkyl carbamates (subject to hydrolysis) is 1. The van der Waals surface area contributed by atoms with E-state index < -0.39 is 17.7 Å². The van der Waals surface area contributed by atoms with Crippen molar-refractivity contribution >= 4 is 27.9 Å². The largest absolute Gasteiger partial charge is 0.444 e. The van der Waals surface area contributed by atoms with E-state index in [1.807, 2.05) is 60.7 Å². The average Bonchev–Trinajstić information content (AvgIpc) is 3.48. The second kappa shape index (κ2) is 12.7. The molecular weight excluding hydrogens is 512 g/mol. The van der Waals surface area contributed by atoms with E-state index in [0.717, 1.165) is 45.8 Å². The Hall–Kier alpha value is -3.37. The minimum absolute atomic E-state index is 0.359. The summed E-state index contributed by atoms with van der Waals surface area (Å²) in [5, 5.41) is 8.83. The van der Waals surface area contributed by atoms with Crippen LogP contribution in [0.4, 0.5) is 4.79 Å². The number of aryl methyl sites for hydroxylation is 1. The Morgan fingerprint density at radius 3 is 2.72 bits per heavy atom. The molecule has 3 heterocycles. The van der Waals surface area contributed by atoms with Crippen LogP contribution in [0, 0.1) is 6.92 Å². The maximum Gasteiger partial charge on any atom is 0.408 e. The van der Waals surface area contributed by atoms with E-state index in [0.29, 0.717) is 30.6 Å². The van der Waals surface area contributed by atoms with Gasteiger partial charge in [0.05, 0.1) is 37.2 Å². The summed E-state index contributed by atoms with van der Waals surface area (Å²) in [6, 6.07) is 7.78. The van der Waals surface area contributed by atoms with E-state index in [4.69, 9.17) is 14.6 Å². The van der Waals surface area contributed by atoms with Crippen LogP contribution < -0.4 is 5.32 Å². The van der Waals surface area contributed by atoms with Crippen LogP contribution in [0.2, 0.25) is 0 Å². The van der Waals surface area contributed by atoms with Crippen molar-refractivity contribution in [2.45, 2.75) is 59.0 Å². The second-order valence-corrected chi connectivity index (χ2v) is 13.3. The van der Waals surface area contributed by atoms with Crippen LogP contribution in [-0.4, -0.2) is 60.9 Å². The van der Waals surface area contributed by atoms with Gasteiger partial charge in [0, 0.05) is 42.8 Å². The Kier molecular flexibility index (Phi) is 9.29. The molecule has 0 bridgehead atoms. The maximum absolute atomic E-state index is 12.9. The number of ether oxygens (including phenoxy) is 2. The van der Waals surface area contributed by atoms with Gasteiger partial charge < -0.3 is 19.4 Å². The van der Waals surface area contributed by atoms with E-state index >= 15 is 0 Å². The Bertz CT molecular complexity index is 1380. The summed E-state index contributed by atoms with van der Waals surface area (Å²) in [4.78, 5) is 21.7. The summed E-state index contributed by atoms with van der Waals surface area (Å²) in [6.45, 7) is 9.36. The maximum atomic E-state index is 12.9. The van der Waals surface area contributed by atoms with Crippen molar-refractivity contribution in [3.8, 4) is 0 Å². The SMILES string of the molecule is Cc1cc(CC(NC(=O)OC(C)(C)C)c2nccn2Cc2cccnc2)cc2cn(COCC[S+](C)C)nc12. The number of nitrogens with zero attached hydrogens (tertiary/aromatic N) is 5. The van der Waals surface area contributed by atoms with Gasteiger partial charge in [-0.25, -0.2) is 14.5 Å². The molecule has 0 fully saturated rings. The van der Waals surface area contributed by atoms with Crippen molar-refractivity contribution in [1.82, 2.24) is 29.6 Å². The number of carbonyl (C=O) groups is 1. The number of aromatic nitrogens is 5. The fourth-order valence-electron chi connectivity index (χ4n) is 4.35. The summed E-state index contributed by atoms with van der Waals surface area (Å²) in [6.07, 6.45) is 13.8. The zero-order valence-electron chi connectivity index (χ0n) is 23.7. The predicted octanol–water partition coefficient (Wildman–Crippen LogP) is 4.65. The highest BCUT2D eigenvalue weighted by Gasteiger charge is 2.24. The fourth-order valence-corrected chi connectivity index (χ4v) is 4.80. The van der Waals surface area contributed by atoms with Gasteiger partial charge in [0.15, 0.2) is 0 Å². The summed E-state index contributed by atoms with van der Waals surface area (Å²) < 4.78 is 15.3. The number of nitrogens with one attached hydrogen (secondary N) is 1. The Balaban J connectivity index is 1.58. The predicted molar refractivity (Wildman–Crippen MR) is 156 cm³/mol. The standard InChI is InChI=1S/C29H38N6O3S/c1-21-14-23(15-24-19-35(33-26(21)24)20-37-12-13-39(5)6)16-25(32-28(36)38-29(2,3)4)27-31-10-11-34(27)18-22-8-7-9-30-17-22/h7-11,14-15,17,19,25H,12-13,16,18,20H2,1-6H3/p+1. The third-order valence-electron chi connectivity index (χ3n) is 6.03. The molecule has 0 spiro atoms. The van der Waals surface area contributed by atoms with Crippen molar-refractivity contribution in [3.63, 3.8) is 0 Å². The molecule has 0 aliphatic rings. The first-order valence-electron chi connectivity index (χ1n) is 13.1. The lowest BCUT2D eigenvalue weighted by atomic mass is 10.0. The molecule has 9 nitrogen and oxygen atoms in total. The van der Waals surface area contributed by atoms with E-state index in [-0.39, 0.29) is 0 Å². The first-order chi connectivity index (χ1) is 18.6. The molecule has 4 aromatic rings. The van der Waals surface area contributed by atoms with Gasteiger partial charge >= 0.3 is 6.09 Å². The number of hydrogen-bond donors (Lipinski definition) is 1. The van der Waals surface area contributed by atoms with Crippen molar-refractivity contribution in [2.24, 2.45) is 0 Å². The average molecular weight is 552 g/mol. The molecule has 10 heteroatoms. The highest BCUT2D eigenvalue weighted by Crippen LogP contribution is 2.25. The number of carbonyl (C=O) groups excluding carboxylic acids is 1. The first kappa shape index (κ1) is 28.6. The van der Waals surface area contributed by atoms with Gasteiger partial charge in [0.2, 0.25) is 0 Å². The quantitative estimate of drug-likeness (QED) is 0.215. The molecule has 0 saturated carbocycles. The number of imidazole rings is 1. The van der Waals surface area contributed by atoms with Crippen LogP contribution in [0.1, 0.15) is 49.3 Å². The van der Waals surface area contributed by atoms with Crippen LogP contribution in [0.15, 0.2) is 55.2 Å². The number of amides is 1. The summed E-state index contributed by atoms with van der Waals surface area (Å²) in [7, 11) is 0.359. The Morgan fingerprint density at radius 2 is 2.00 bits per heavy atom. The molecule has 1 N–H and O–H groups in total. The van der Waals surface area contributed by atoms with Crippen LogP contribution in [0.3, 0.4) is 0 Å². The van der Waals surface area contributed by atoms with Gasteiger partial charge in [-0.2, -0.15) is 5.10 Å². The van der Waals surface area contributed by atoms with Crippen LogP contribution in [0.25, 0.3) is 10.9 Å². The second-order valence-electron chi connectivity index (χ2n) is 10.9. The Morgan fingerprint density at radius 1 is 1.18 bits per heavy atom. The van der Waals surface area contributed by atoms with Crippen molar-refractivity contribution < 1.29 is 14.3 Å². The molecule has 1 unspecified atom stereocenters. The van der Waals surface area contributed by atoms with Gasteiger partial charge in [0.1, 0.15) is 23.9 Å². The molecule has 1 aromatic carbocycles. The molecule has 39 heavy (non-hydrogen) atoms. The monoisotopic (exact) mass is 551 g/mol. The first-order valence-corrected chi connectivity index (χ1v) is 15.3. The van der Waals surface area contributed by atoms with E-state index in [2.05, 4.69) is 46.9 Å². The molecule has 0 aliphatic carbocycles. The van der Waals surface area contributed by atoms with Crippen molar-refractivity contribution in [3.05, 3.63) is 77.8 Å². The third kappa shape index (κ3) is 8.31. The molecule has 0 aliphatic heterocycles. The lowest BCUT2D eigenvalue weighted by Crippen LogP contribution is -2.37. The van der Waals surface area contributed by atoms with E-state index in [1.54, 1.807) is 12.4 Å². The molecule has 208 valence electrons. The van der Waals surface area contributed by atoms with Gasteiger partial charge in [-0.05, 0) is 67.4 Å². The molecule has 1 atom stereocenters. The lowest BCUT2D eigenvalue weighted by Gasteiger charge is -2.24. The zero-order chi connectivity index (χ0) is 28.0. The summed E-state index contributed by atoms with van der Waals surface area (Å²) in [5.74, 6) is 1.80. The number of rotatable bonds is 11. The van der Waals surface area contributed by atoms with Crippen LogP contribution in [-0.2, 0) is 40.1 Å². The summed E-state index contributed by atoms with van der Waals surface area (Å²) in [5.41, 5.74) is 3.52. The van der Waals surface area contributed by atoms with Crippen LogP contribution in [0.5, 0.6) is 0 Å². The van der Waals surface area contributed by atoms with Crippen LogP contribution >= 0.6 is 0 Å². The van der Waals surface area contributed by atoms with Crippen molar-refractivity contribution in [2.75, 3.05) is 24.9 Å². The molecule has 3 aromatic heterocycles. The van der Waals surface area contributed by atoms with Gasteiger partial charge in [-0.3, -0.25) is 4.98 Å². The van der Waals surface area contributed by atoms with Gasteiger partial charge in [-0.1, -0.05) is 12.1 Å². The van der Waals surface area contributed by atoms with Gasteiger partial charge in [-0.15, -0.1) is 0 Å². The molecule has 1 amide bonds. The minimum Gasteiger partial charge on any atom is -0.444 e. The van der Waals surface area contributed by atoms with Crippen molar-refractivity contribution in [1.29, 1.82) is 0 Å². The highest BCUT2D eigenvalue weighted by molar-refractivity contribution is 7.95. The summed E-state index contributed by atoms with van der Waals surface area (Å²) >= 11 is 0. The molecule has 0 saturated heterocycles.